The molecule has 24 heteroatoms. The number of nitrogens with two attached hydrogens (primary N) is 1. The van der Waals surface area contributed by atoms with E-state index in [1.807, 2.05) is 277 Å². The van der Waals surface area contributed by atoms with Crippen LogP contribution in [0.4, 0.5) is 0 Å². The van der Waals surface area contributed by atoms with Crippen molar-refractivity contribution in [2.45, 2.75) is 144 Å². The van der Waals surface area contributed by atoms with Crippen molar-refractivity contribution < 1.29 is 82.1 Å². The molecule has 14 rings (SSSR count). The molecule has 0 spiro atoms. The second-order valence-electron chi connectivity index (χ2n) is 34.8. The van der Waals surface area contributed by atoms with Gasteiger partial charge in [0, 0.05) is 84.8 Å². The minimum absolute atomic E-state index is 0.0636. The van der Waals surface area contributed by atoms with E-state index in [9.17, 15) is 53.1 Å². The Morgan fingerprint density at radius 1 is 0.321 bits per heavy atom. The third-order valence-electron chi connectivity index (χ3n) is 20.6. The van der Waals surface area contributed by atoms with Gasteiger partial charge >= 0.3 is 29.8 Å². The maximum atomic E-state index is 12.5. The van der Waals surface area contributed by atoms with E-state index in [1.54, 1.807) is 155 Å². The zero-order chi connectivity index (χ0) is 103. The molecule has 0 saturated heterocycles. The number of hydrogen-bond acceptors (Lipinski definition) is 18. The number of esters is 3. The van der Waals surface area contributed by atoms with Gasteiger partial charge in [-0.15, -0.1) is 0 Å². The van der Waals surface area contributed by atoms with Gasteiger partial charge in [0.05, 0.1) is 27.8 Å². The zero-order valence-electron chi connectivity index (χ0n) is 81.9. The smallest absolute Gasteiger partial charge is 0.338 e. The van der Waals surface area contributed by atoms with Gasteiger partial charge in [0.25, 0.3) is 17.0 Å². The largest absolute Gasteiger partial charge is 0.478 e. The van der Waals surface area contributed by atoms with E-state index in [2.05, 4.69) is 37.9 Å². The van der Waals surface area contributed by atoms with Crippen LogP contribution in [0.5, 0.6) is 0 Å². The molecule has 140 heavy (non-hydrogen) atoms. The van der Waals surface area contributed by atoms with Crippen LogP contribution in [-0.2, 0) is 41.5 Å². The number of amides is 1. The summed E-state index contributed by atoms with van der Waals surface area (Å²) in [7, 11) is 4.99. The molecule has 0 bridgehead atoms. The minimum atomic E-state index is -0.997. The third kappa shape index (κ3) is 36.3. The fraction of sp³-hybridized carbons (Fsp3) is 0.224. The van der Waals surface area contributed by atoms with Crippen molar-refractivity contribution >= 4 is 69.9 Å². The lowest BCUT2D eigenvalue weighted by molar-refractivity contribution is 0.00569. The second kappa shape index (κ2) is 55.6. The minimum Gasteiger partial charge on any atom is -0.478 e. The van der Waals surface area contributed by atoms with Crippen molar-refractivity contribution in [2.75, 3.05) is 26.3 Å². The molecular formula is C116H123IN4O19. The number of ether oxygens (including phenoxy) is 6. The van der Waals surface area contributed by atoms with Crippen molar-refractivity contribution in [3.05, 3.63) is 494 Å². The van der Waals surface area contributed by atoms with Gasteiger partial charge < -0.3 is 64.8 Å². The Morgan fingerprint density at radius 2 is 0.543 bits per heavy atom. The summed E-state index contributed by atoms with van der Waals surface area (Å²) < 4.78 is 32.6. The molecule has 0 aliphatic carbocycles. The summed E-state index contributed by atoms with van der Waals surface area (Å²) in [5.41, 5.74) is 20.7. The summed E-state index contributed by atoms with van der Waals surface area (Å²) in [5.74, 6) is -3.37. The molecule has 4 atom stereocenters. The van der Waals surface area contributed by atoms with Crippen LogP contribution in [0.2, 0.25) is 0 Å². The van der Waals surface area contributed by atoms with Gasteiger partial charge in [-0.25, -0.2) is 24.0 Å². The first-order valence-electron chi connectivity index (χ1n) is 44.9. The average Bonchev–Trinajstić information content (AvgIpc) is 0.855. The first-order valence-corrected chi connectivity index (χ1v) is 47.0. The molecule has 0 aliphatic heterocycles. The summed E-state index contributed by atoms with van der Waals surface area (Å²) in [5, 5.41) is 30.7. The summed E-state index contributed by atoms with van der Waals surface area (Å²) in [6, 6.07) is 102. The van der Waals surface area contributed by atoms with Crippen LogP contribution in [0, 0.1) is 27.7 Å². The molecule has 0 saturated carbocycles. The van der Waals surface area contributed by atoms with Crippen LogP contribution < -0.4 is 22.2 Å². The number of benzene rings is 12. The fourth-order valence-corrected chi connectivity index (χ4v) is 13.9. The standard InChI is InChI=1S/C23H24N2O3.C19H22O3.C18H20O3.C18H18O3.C15H14O3.C14H10O3.C8H12N2O.CH3I/c1-15-13-16(2)25-23(27)20(15)14-24-22(26)19-11-9-18(10-12-19)21(28-3)17-7-5-4-6-8-17;1-19(2,3)22-18(20)16-12-10-15(11-13-16)17(21-4)14-8-6-5-7-9-14;2*1-18(2,3)21-17(20)15-11-9-14(10-12-15)16(19)13-7-5-4-6-8-13;1-18-14(11-5-3-2-4-6-11)12-7-9-13(10-8-12)15(16)17;15-13(10-4-2-1-3-5-10)11-6-8-12(9-7-11)14(16)17;1-5-3-6(2)10-8(11)7(5)4-9;1-2/h4-13,21H,14H2,1-3H3,(H,24,26)(H,25,27);5-13,17H,1-4H3;4-12,16,19H,1-3H3;4-12H,1-3H3;2-10,14H,1H3,(H,16,17);1-9H,(H,16,17);3H,4,9H2,1-2H3,(H,10,11);1H3. The van der Waals surface area contributed by atoms with Crippen LogP contribution in [0.25, 0.3) is 0 Å². The normalized spacial score (nSPS) is 11.5. The number of aliphatic hydroxyl groups is 1. The molecule has 728 valence electrons. The highest BCUT2D eigenvalue weighted by molar-refractivity contribution is 14.1. The lowest BCUT2D eigenvalue weighted by Gasteiger charge is -2.20. The number of rotatable bonds is 24. The predicted octanol–water partition coefficient (Wildman–Crippen LogP) is 22.9. The lowest BCUT2D eigenvalue weighted by Crippen LogP contribution is -2.27. The maximum absolute atomic E-state index is 12.5. The van der Waals surface area contributed by atoms with Crippen LogP contribution in [-0.4, -0.2) is 116 Å². The number of aryl methyl sites for hydroxylation is 4. The average molecular weight is 2000 g/mol. The Morgan fingerprint density at radius 3 is 0.814 bits per heavy atom. The SMILES string of the molecule is CC(C)(C)OC(=O)c1ccc(C(=O)c2ccccc2)cc1.CC(C)(C)OC(=O)c1ccc(C(O)c2ccccc2)cc1.CI.COC(c1ccccc1)c1ccc(C(=O)NCc2c(C)cc(C)[nH]c2=O)cc1.COC(c1ccccc1)c1ccc(C(=O)O)cc1.COC(c1ccccc1)c1ccc(C(=O)OC(C)(C)C)cc1.Cc1cc(C)c(CN)c(=O)[nH]1.O=C(O)c1ccc(C(=O)c2ccccc2)cc1. The number of carbonyl (C=O) groups excluding carboxylic acids is 6. The molecule has 14 aromatic rings. The number of ketones is 2. The number of carboxylic acids is 2. The molecule has 1 amide bonds. The van der Waals surface area contributed by atoms with E-state index in [0.29, 0.717) is 62.2 Å². The van der Waals surface area contributed by atoms with Gasteiger partial charge in [0.1, 0.15) is 41.2 Å². The highest BCUT2D eigenvalue weighted by Gasteiger charge is 2.25. The first kappa shape index (κ1) is 112. The molecule has 8 N–H and O–H groups in total. The number of carbonyl (C=O) groups is 8. The predicted molar refractivity (Wildman–Crippen MR) is 556 cm³/mol. The number of halogens is 1. The Balaban J connectivity index is 0.000000224. The van der Waals surface area contributed by atoms with E-state index in [4.69, 9.17) is 44.4 Å². The van der Waals surface area contributed by atoms with Crippen LogP contribution in [0.3, 0.4) is 0 Å². The molecule has 2 aromatic heterocycles. The Bertz CT molecular complexity index is 6410. The summed E-state index contributed by atoms with van der Waals surface area (Å²) in [6.45, 7) is 24.5. The number of alkyl halides is 1. The Kier molecular flexibility index (Phi) is 44.6. The Hall–Kier alpha value is -14.8. The molecule has 0 fully saturated rings. The number of carboxylic acid groups (broad SMARTS) is 2. The van der Waals surface area contributed by atoms with Gasteiger partial charge in [-0.3, -0.25) is 24.0 Å². The summed E-state index contributed by atoms with van der Waals surface area (Å²) in [4.78, 5) is 125. The number of pyridine rings is 2. The molecule has 23 nitrogen and oxygen atoms in total. The molecular weight excluding hydrogens is 1880 g/mol. The van der Waals surface area contributed by atoms with Gasteiger partial charge in [-0.1, -0.05) is 277 Å². The Labute approximate surface area is 832 Å². The van der Waals surface area contributed by atoms with Crippen molar-refractivity contribution in [2.24, 2.45) is 5.73 Å². The van der Waals surface area contributed by atoms with Gasteiger partial charge in [0.2, 0.25) is 0 Å². The van der Waals surface area contributed by atoms with E-state index in [0.717, 1.165) is 67.0 Å². The number of aromatic carboxylic acids is 2. The maximum Gasteiger partial charge on any atom is 0.338 e. The number of aromatic nitrogens is 2. The fourth-order valence-electron chi connectivity index (χ4n) is 13.9. The first-order chi connectivity index (χ1) is 66.7. The number of nitrogens with one attached hydrogen (secondary N) is 3. The van der Waals surface area contributed by atoms with Gasteiger partial charge in [-0.05, 0) is 236 Å². The van der Waals surface area contributed by atoms with Gasteiger partial charge in [-0.2, -0.15) is 0 Å². The van der Waals surface area contributed by atoms with E-state index in [-0.39, 0.29) is 82.5 Å². The van der Waals surface area contributed by atoms with E-state index >= 15 is 0 Å². The summed E-state index contributed by atoms with van der Waals surface area (Å²) in [6.07, 6.45) is -1.20. The second-order valence-corrected chi connectivity index (χ2v) is 34.8. The van der Waals surface area contributed by atoms with Crippen LogP contribution in [0.15, 0.2) is 349 Å². The van der Waals surface area contributed by atoms with Gasteiger partial charge in [0.15, 0.2) is 11.6 Å². The monoisotopic (exact) mass is 2000 g/mol. The molecule has 0 aliphatic rings. The zero-order valence-corrected chi connectivity index (χ0v) is 84.0. The number of methoxy groups -OCH3 is 3. The lowest BCUT2D eigenvalue weighted by atomic mass is 10.00. The highest BCUT2D eigenvalue weighted by atomic mass is 127. The summed E-state index contributed by atoms with van der Waals surface area (Å²) >= 11 is 2.15. The molecule has 12 aromatic carbocycles. The number of aliphatic hydroxyl groups excluding tert-OH is 1. The molecule has 4 unspecified atom stereocenters. The highest BCUT2D eigenvalue weighted by Crippen LogP contribution is 2.31. The topological polar surface area (TPSA) is 356 Å². The van der Waals surface area contributed by atoms with Crippen LogP contribution in [0.1, 0.15) is 259 Å². The van der Waals surface area contributed by atoms with Crippen molar-refractivity contribution in [1.82, 2.24) is 15.3 Å². The van der Waals surface area contributed by atoms with E-state index < -0.39 is 34.8 Å². The van der Waals surface area contributed by atoms with Crippen molar-refractivity contribution in [1.29, 1.82) is 0 Å². The number of hydrogen-bond donors (Lipinski definition) is 7. The van der Waals surface area contributed by atoms with Crippen LogP contribution >= 0.6 is 22.6 Å². The number of aromatic amines is 2. The quantitative estimate of drug-likeness (QED) is 0.00971. The van der Waals surface area contributed by atoms with Crippen molar-refractivity contribution in [3.63, 3.8) is 0 Å². The molecule has 0 radical (unpaired) electrons. The van der Waals surface area contributed by atoms with E-state index in [1.165, 1.54) is 24.3 Å². The van der Waals surface area contributed by atoms with Crippen molar-refractivity contribution in [3.8, 4) is 0 Å². The number of H-pyrrole nitrogens is 2. The molecule has 2 heterocycles. The third-order valence-corrected chi connectivity index (χ3v) is 20.6.